The normalized spacial score (nSPS) is 15.2. The standard InChI is InChI=1S/C14H19N5O2.C9H12O/c1-2-19-14-11(8-17-19)12(10(7-16-14)13(15)20)18-9-3-5-21-6-4-9;1-8(10)7-9-5-3-2-4-6-9/h7-9H,2-6H2,1H3,(H2,15,20)(H,16,18);2-6,8,10H,7H2,1H3. The van der Waals surface area contributed by atoms with Gasteiger partial charge in [-0.15, -0.1) is 0 Å². The number of carbonyl (C=O) groups is 1. The van der Waals surface area contributed by atoms with Crippen molar-refractivity contribution in [1.82, 2.24) is 14.8 Å². The van der Waals surface area contributed by atoms with Crippen molar-refractivity contribution >= 4 is 22.6 Å². The minimum absolute atomic E-state index is 0.234. The third-order valence-electron chi connectivity index (χ3n) is 5.17. The van der Waals surface area contributed by atoms with Gasteiger partial charge in [0.05, 0.1) is 28.9 Å². The first kappa shape index (κ1) is 22.7. The fraction of sp³-hybridized carbons (Fsp3) is 0.435. The number of hydrogen-bond donors (Lipinski definition) is 3. The largest absolute Gasteiger partial charge is 0.393 e. The van der Waals surface area contributed by atoms with Crippen LogP contribution in [0.5, 0.6) is 0 Å². The molecule has 8 heteroatoms. The Hall–Kier alpha value is -2.97. The molecule has 4 N–H and O–H groups in total. The molecule has 2 aromatic heterocycles. The highest BCUT2D eigenvalue weighted by molar-refractivity contribution is 6.05. The summed E-state index contributed by atoms with van der Waals surface area (Å²) >= 11 is 0. The number of nitrogens with two attached hydrogens (primary N) is 1. The SMILES string of the molecule is CC(O)Cc1ccccc1.CCn1ncc2c(NC3CCOCC3)c(C(N)=O)cnc21. The maximum atomic E-state index is 11.7. The molecule has 1 atom stereocenters. The molecule has 1 amide bonds. The van der Waals surface area contributed by atoms with Crippen LogP contribution in [-0.4, -0.2) is 51.1 Å². The van der Waals surface area contributed by atoms with Gasteiger partial charge >= 0.3 is 0 Å². The molecule has 3 aromatic rings. The number of fused-ring (bicyclic) bond motifs is 1. The van der Waals surface area contributed by atoms with Crippen molar-refractivity contribution in [2.24, 2.45) is 5.73 Å². The Morgan fingerprint density at radius 2 is 2.00 bits per heavy atom. The third-order valence-corrected chi connectivity index (χ3v) is 5.17. The highest BCUT2D eigenvalue weighted by atomic mass is 16.5. The van der Waals surface area contributed by atoms with Crippen LogP contribution in [-0.2, 0) is 17.7 Å². The lowest BCUT2D eigenvalue weighted by Gasteiger charge is -2.25. The van der Waals surface area contributed by atoms with Crippen LogP contribution in [0.15, 0.2) is 42.7 Å². The predicted octanol–water partition coefficient (Wildman–Crippen LogP) is 2.75. The Morgan fingerprint density at radius 1 is 1.29 bits per heavy atom. The summed E-state index contributed by atoms with van der Waals surface area (Å²) in [7, 11) is 0. The monoisotopic (exact) mass is 425 g/mol. The first-order valence-corrected chi connectivity index (χ1v) is 10.7. The van der Waals surface area contributed by atoms with Gasteiger partial charge in [0.25, 0.3) is 5.91 Å². The number of aliphatic hydroxyl groups excluding tert-OH is 1. The van der Waals surface area contributed by atoms with E-state index < -0.39 is 5.91 Å². The van der Waals surface area contributed by atoms with Gasteiger partial charge in [0.15, 0.2) is 5.65 Å². The molecule has 1 fully saturated rings. The van der Waals surface area contributed by atoms with Crippen molar-refractivity contribution in [3.8, 4) is 0 Å². The first-order chi connectivity index (χ1) is 15.0. The summed E-state index contributed by atoms with van der Waals surface area (Å²) in [5, 5.41) is 17.6. The van der Waals surface area contributed by atoms with Gasteiger partial charge in [-0.05, 0) is 38.7 Å². The van der Waals surface area contributed by atoms with Crippen LogP contribution in [0.1, 0.15) is 42.6 Å². The van der Waals surface area contributed by atoms with Crippen LogP contribution in [0.25, 0.3) is 11.0 Å². The third kappa shape index (κ3) is 6.02. The molecule has 8 nitrogen and oxygen atoms in total. The number of primary amides is 1. The maximum Gasteiger partial charge on any atom is 0.252 e. The van der Waals surface area contributed by atoms with E-state index in [1.165, 1.54) is 11.8 Å². The Kier molecular flexibility index (Phi) is 7.97. The molecule has 1 aliphatic heterocycles. The number of aromatic nitrogens is 3. The quantitative estimate of drug-likeness (QED) is 0.559. The van der Waals surface area contributed by atoms with Crippen molar-refractivity contribution in [3.05, 3.63) is 53.9 Å². The molecule has 1 aliphatic rings. The molecule has 4 rings (SSSR count). The molecule has 166 valence electrons. The van der Waals surface area contributed by atoms with E-state index in [2.05, 4.69) is 15.4 Å². The number of anilines is 1. The molecular weight excluding hydrogens is 394 g/mol. The number of benzene rings is 1. The predicted molar refractivity (Wildman–Crippen MR) is 121 cm³/mol. The molecule has 1 saturated heterocycles. The second-order valence-electron chi connectivity index (χ2n) is 7.68. The molecule has 0 radical (unpaired) electrons. The van der Waals surface area contributed by atoms with Crippen LogP contribution in [0.4, 0.5) is 5.69 Å². The van der Waals surface area contributed by atoms with Crippen molar-refractivity contribution in [1.29, 1.82) is 0 Å². The molecule has 0 spiro atoms. The molecule has 0 aliphatic carbocycles. The summed E-state index contributed by atoms with van der Waals surface area (Å²) in [6.07, 6.45) is 5.59. The number of nitrogens with one attached hydrogen (secondary N) is 1. The number of carbonyl (C=O) groups excluding carboxylic acids is 1. The Morgan fingerprint density at radius 3 is 2.61 bits per heavy atom. The van der Waals surface area contributed by atoms with E-state index in [-0.39, 0.29) is 12.1 Å². The molecular formula is C23H31N5O3. The number of pyridine rings is 1. The number of ether oxygens (including phenoxy) is 1. The summed E-state index contributed by atoms with van der Waals surface area (Å²) in [5.74, 6) is -0.483. The first-order valence-electron chi connectivity index (χ1n) is 10.7. The second-order valence-corrected chi connectivity index (χ2v) is 7.68. The van der Waals surface area contributed by atoms with Gasteiger partial charge in [-0.2, -0.15) is 5.10 Å². The molecule has 1 aromatic carbocycles. The average Bonchev–Trinajstić information content (AvgIpc) is 3.19. The van der Waals surface area contributed by atoms with E-state index in [0.29, 0.717) is 5.56 Å². The van der Waals surface area contributed by atoms with Gasteiger partial charge in [-0.1, -0.05) is 30.3 Å². The number of amides is 1. The minimum atomic E-state index is -0.483. The van der Waals surface area contributed by atoms with Crippen molar-refractivity contribution in [2.75, 3.05) is 18.5 Å². The smallest absolute Gasteiger partial charge is 0.252 e. The van der Waals surface area contributed by atoms with E-state index >= 15 is 0 Å². The summed E-state index contributed by atoms with van der Waals surface area (Å²) in [6, 6.07) is 10.3. The second kappa shape index (κ2) is 10.9. The lowest BCUT2D eigenvalue weighted by Crippen LogP contribution is -2.29. The zero-order chi connectivity index (χ0) is 22.2. The number of aliphatic hydroxyl groups is 1. The van der Waals surface area contributed by atoms with Crippen LogP contribution < -0.4 is 11.1 Å². The van der Waals surface area contributed by atoms with E-state index in [4.69, 9.17) is 15.6 Å². The van der Waals surface area contributed by atoms with Gasteiger partial charge in [0.1, 0.15) is 0 Å². The van der Waals surface area contributed by atoms with E-state index in [0.717, 1.165) is 55.7 Å². The lowest BCUT2D eigenvalue weighted by molar-refractivity contribution is 0.0904. The Labute approximate surface area is 182 Å². The highest BCUT2D eigenvalue weighted by Gasteiger charge is 2.20. The average molecular weight is 426 g/mol. The van der Waals surface area contributed by atoms with Crippen LogP contribution in [0.2, 0.25) is 0 Å². The molecule has 3 heterocycles. The Balaban J connectivity index is 0.000000229. The van der Waals surface area contributed by atoms with Crippen molar-refractivity contribution < 1.29 is 14.6 Å². The number of hydrogen-bond acceptors (Lipinski definition) is 6. The fourth-order valence-corrected chi connectivity index (χ4v) is 3.60. The lowest BCUT2D eigenvalue weighted by atomic mass is 10.1. The maximum absolute atomic E-state index is 11.7. The van der Waals surface area contributed by atoms with Crippen LogP contribution in [0, 0.1) is 0 Å². The molecule has 31 heavy (non-hydrogen) atoms. The fourth-order valence-electron chi connectivity index (χ4n) is 3.60. The van der Waals surface area contributed by atoms with Gasteiger partial charge in [-0.25, -0.2) is 9.67 Å². The van der Waals surface area contributed by atoms with Crippen LogP contribution in [0.3, 0.4) is 0 Å². The van der Waals surface area contributed by atoms with Crippen LogP contribution >= 0.6 is 0 Å². The molecule has 0 saturated carbocycles. The Bertz CT molecular complexity index is 982. The van der Waals surface area contributed by atoms with Gasteiger partial charge < -0.3 is 20.9 Å². The highest BCUT2D eigenvalue weighted by Crippen LogP contribution is 2.27. The number of nitrogens with zero attached hydrogens (tertiary/aromatic N) is 3. The zero-order valence-electron chi connectivity index (χ0n) is 18.1. The van der Waals surface area contributed by atoms with Crippen molar-refractivity contribution in [2.45, 2.75) is 51.8 Å². The topological polar surface area (TPSA) is 115 Å². The van der Waals surface area contributed by atoms with Gasteiger partial charge in [-0.3, -0.25) is 4.79 Å². The zero-order valence-corrected chi connectivity index (χ0v) is 18.1. The van der Waals surface area contributed by atoms with Gasteiger partial charge in [0.2, 0.25) is 0 Å². The molecule has 1 unspecified atom stereocenters. The van der Waals surface area contributed by atoms with E-state index in [1.807, 2.05) is 37.3 Å². The summed E-state index contributed by atoms with van der Waals surface area (Å²) in [4.78, 5) is 16.0. The summed E-state index contributed by atoms with van der Waals surface area (Å²) in [5.41, 5.74) is 8.57. The number of aryl methyl sites for hydroxylation is 1. The summed E-state index contributed by atoms with van der Waals surface area (Å²) < 4.78 is 7.16. The summed E-state index contributed by atoms with van der Waals surface area (Å²) in [6.45, 7) is 5.98. The van der Waals surface area contributed by atoms with E-state index in [9.17, 15) is 4.79 Å². The molecule has 0 bridgehead atoms. The van der Waals surface area contributed by atoms with Crippen molar-refractivity contribution in [3.63, 3.8) is 0 Å². The minimum Gasteiger partial charge on any atom is -0.393 e. The van der Waals surface area contributed by atoms with Gasteiger partial charge in [0, 0.05) is 32.0 Å². The number of rotatable bonds is 6. The van der Waals surface area contributed by atoms with E-state index in [1.54, 1.807) is 17.8 Å².